The molecule has 86 valence electrons. The molecule has 0 radical (unpaired) electrons. The molecule has 0 heterocycles. The van der Waals surface area contributed by atoms with Gasteiger partial charge in [-0.15, -0.1) is 0 Å². The van der Waals surface area contributed by atoms with Crippen LogP contribution in [0.25, 0.3) is 0 Å². The highest BCUT2D eigenvalue weighted by Gasteiger charge is 1.98. The van der Waals surface area contributed by atoms with Gasteiger partial charge < -0.3 is 0 Å². The molecule has 4 heteroatoms. The van der Waals surface area contributed by atoms with Crippen molar-refractivity contribution in [1.82, 2.24) is 0 Å². The zero-order valence-corrected chi connectivity index (χ0v) is 11.2. The van der Waals surface area contributed by atoms with E-state index in [0.717, 1.165) is 15.7 Å². The average molecular weight is 310 g/mol. The Balaban J connectivity index is 2.11. The molecule has 0 saturated heterocycles. The van der Waals surface area contributed by atoms with Gasteiger partial charge in [-0.2, -0.15) is 5.10 Å². The Hall–Kier alpha value is -1.32. The van der Waals surface area contributed by atoms with E-state index in [1.54, 1.807) is 0 Å². The van der Waals surface area contributed by atoms with Crippen LogP contribution in [0, 0.1) is 0 Å². The van der Waals surface area contributed by atoms with Gasteiger partial charge in [0, 0.05) is 10.0 Å². The van der Waals surface area contributed by atoms with E-state index in [-0.39, 0.29) is 0 Å². The maximum atomic E-state index is 6.07. The monoisotopic (exact) mass is 308 g/mol. The molecule has 2 aromatic rings. The van der Waals surface area contributed by atoms with Gasteiger partial charge in [0.25, 0.3) is 0 Å². The molecule has 0 atom stereocenters. The molecule has 1 N–H and O–H groups in total. The van der Waals surface area contributed by atoms with E-state index in [0.29, 0.717) is 5.17 Å². The topological polar surface area (TPSA) is 24.4 Å². The van der Waals surface area contributed by atoms with E-state index in [4.69, 9.17) is 11.6 Å². The minimum Gasteiger partial charge on any atom is -0.277 e. The first-order chi connectivity index (χ1) is 8.25. The van der Waals surface area contributed by atoms with Crippen molar-refractivity contribution in [3.8, 4) is 0 Å². The predicted octanol–water partition coefficient (Wildman–Crippen LogP) is 4.46. The van der Waals surface area contributed by atoms with Gasteiger partial charge in [-0.1, -0.05) is 63.9 Å². The summed E-state index contributed by atoms with van der Waals surface area (Å²) in [7, 11) is 0. The van der Waals surface area contributed by atoms with Crippen LogP contribution in [0.4, 0.5) is 5.69 Å². The summed E-state index contributed by atoms with van der Waals surface area (Å²) >= 11 is 9.46. The van der Waals surface area contributed by atoms with Crippen LogP contribution >= 0.6 is 27.5 Å². The van der Waals surface area contributed by atoms with Gasteiger partial charge in [-0.05, 0) is 18.2 Å². The molecule has 0 spiro atoms. The second-order valence-corrected chi connectivity index (χ2v) is 4.66. The third-order valence-electron chi connectivity index (χ3n) is 2.12. The Morgan fingerprint density at radius 2 is 1.82 bits per heavy atom. The number of hydrogen-bond donors (Lipinski definition) is 1. The molecule has 0 aliphatic heterocycles. The first-order valence-electron chi connectivity index (χ1n) is 5.06. The highest BCUT2D eigenvalue weighted by atomic mass is 79.9. The van der Waals surface area contributed by atoms with E-state index in [2.05, 4.69) is 26.5 Å². The van der Waals surface area contributed by atoms with Gasteiger partial charge in [0.05, 0.1) is 5.69 Å². The molecule has 2 rings (SSSR count). The standard InChI is InChI=1S/C13H10BrClN2/c14-11-7-4-8-12(9-11)16-17-13(15)10-5-2-1-3-6-10/h1-9,16H/b17-13-. The SMILES string of the molecule is Cl/C(=N\Nc1cccc(Br)c1)c1ccccc1. The molecule has 0 aromatic heterocycles. The second kappa shape index (κ2) is 5.84. The highest BCUT2D eigenvalue weighted by molar-refractivity contribution is 9.10. The number of rotatable bonds is 3. The van der Waals surface area contributed by atoms with E-state index >= 15 is 0 Å². The van der Waals surface area contributed by atoms with E-state index in [1.807, 2.05) is 54.6 Å². The lowest BCUT2D eigenvalue weighted by molar-refractivity contribution is 1.34. The summed E-state index contributed by atoms with van der Waals surface area (Å²) in [6.07, 6.45) is 0. The fourth-order valence-electron chi connectivity index (χ4n) is 1.31. The molecule has 0 aliphatic rings. The molecular formula is C13H10BrClN2. The summed E-state index contributed by atoms with van der Waals surface area (Å²) in [4.78, 5) is 0. The third kappa shape index (κ3) is 3.58. The minimum atomic E-state index is 0.436. The Bertz CT molecular complexity index is 526. The summed E-state index contributed by atoms with van der Waals surface area (Å²) in [6, 6.07) is 17.3. The first-order valence-corrected chi connectivity index (χ1v) is 6.23. The van der Waals surface area contributed by atoms with Crippen molar-refractivity contribution in [2.24, 2.45) is 5.10 Å². The number of hydrazone groups is 1. The summed E-state index contributed by atoms with van der Waals surface area (Å²) in [5.74, 6) is 0. The van der Waals surface area contributed by atoms with Crippen LogP contribution in [0.3, 0.4) is 0 Å². The average Bonchev–Trinajstić information content (AvgIpc) is 2.37. The number of halogens is 2. The lowest BCUT2D eigenvalue weighted by atomic mass is 10.2. The van der Waals surface area contributed by atoms with Gasteiger partial charge >= 0.3 is 0 Å². The van der Waals surface area contributed by atoms with Crippen molar-refractivity contribution in [3.63, 3.8) is 0 Å². The Morgan fingerprint density at radius 1 is 1.06 bits per heavy atom. The van der Waals surface area contributed by atoms with Crippen LogP contribution < -0.4 is 5.43 Å². The minimum absolute atomic E-state index is 0.436. The summed E-state index contributed by atoms with van der Waals surface area (Å²) < 4.78 is 0.994. The van der Waals surface area contributed by atoms with Crippen LogP contribution in [0.1, 0.15) is 5.56 Å². The van der Waals surface area contributed by atoms with Crippen LogP contribution in [0.15, 0.2) is 64.2 Å². The van der Waals surface area contributed by atoms with Gasteiger partial charge in [-0.3, -0.25) is 5.43 Å². The lowest BCUT2D eigenvalue weighted by Gasteiger charge is -2.02. The molecule has 0 unspecified atom stereocenters. The third-order valence-corrected chi connectivity index (χ3v) is 2.92. The lowest BCUT2D eigenvalue weighted by Crippen LogP contribution is -1.96. The smallest absolute Gasteiger partial charge is 0.156 e. The normalized spacial score (nSPS) is 11.3. The predicted molar refractivity (Wildman–Crippen MR) is 76.6 cm³/mol. The zero-order chi connectivity index (χ0) is 12.1. The van der Waals surface area contributed by atoms with E-state index in [9.17, 15) is 0 Å². The van der Waals surface area contributed by atoms with Gasteiger partial charge in [0.15, 0.2) is 5.17 Å². The van der Waals surface area contributed by atoms with Crippen molar-refractivity contribution in [2.45, 2.75) is 0 Å². The Labute approximate surface area is 113 Å². The van der Waals surface area contributed by atoms with Gasteiger partial charge in [-0.25, -0.2) is 0 Å². The number of nitrogens with one attached hydrogen (secondary N) is 1. The Morgan fingerprint density at radius 3 is 2.53 bits per heavy atom. The van der Waals surface area contributed by atoms with Crippen LogP contribution in [-0.2, 0) is 0 Å². The number of benzene rings is 2. The Kier molecular flexibility index (Phi) is 4.18. The molecule has 17 heavy (non-hydrogen) atoms. The van der Waals surface area contributed by atoms with Gasteiger partial charge in [0.1, 0.15) is 0 Å². The van der Waals surface area contributed by atoms with Crippen molar-refractivity contribution in [1.29, 1.82) is 0 Å². The van der Waals surface area contributed by atoms with E-state index in [1.165, 1.54) is 0 Å². The number of anilines is 1. The molecule has 2 nitrogen and oxygen atoms in total. The summed E-state index contributed by atoms with van der Waals surface area (Å²) in [5, 5.41) is 4.55. The molecule has 0 bridgehead atoms. The van der Waals surface area contributed by atoms with Crippen LogP contribution in [-0.4, -0.2) is 5.17 Å². The molecule has 0 amide bonds. The molecule has 0 saturated carbocycles. The molecule has 2 aromatic carbocycles. The number of hydrogen-bond acceptors (Lipinski definition) is 2. The fraction of sp³-hybridized carbons (Fsp3) is 0. The second-order valence-electron chi connectivity index (χ2n) is 3.39. The molecule has 0 aliphatic carbocycles. The summed E-state index contributed by atoms with van der Waals surface area (Å²) in [5.41, 5.74) is 4.68. The fourth-order valence-corrected chi connectivity index (χ4v) is 1.88. The maximum absolute atomic E-state index is 6.07. The van der Waals surface area contributed by atoms with Crippen LogP contribution in [0.2, 0.25) is 0 Å². The van der Waals surface area contributed by atoms with Crippen molar-refractivity contribution < 1.29 is 0 Å². The molecule has 0 fully saturated rings. The largest absolute Gasteiger partial charge is 0.277 e. The quantitative estimate of drug-likeness (QED) is 0.657. The first kappa shape index (κ1) is 12.1. The van der Waals surface area contributed by atoms with Crippen molar-refractivity contribution in [2.75, 3.05) is 5.43 Å². The number of nitrogens with zero attached hydrogens (tertiary/aromatic N) is 1. The summed E-state index contributed by atoms with van der Waals surface area (Å²) in [6.45, 7) is 0. The highest BCUT2D eigenvalue weighted by Crippen LogP contribution is 2.16. The van der Waals surface area contributed by atoms with Crippen molar-refractivity contribution in [3.05, 3.63) is 64.6 Å². The molecular weight excluding hydrogens is 300 g/mol. The maximum Gasteiger partial charge on any atom is 0.156 e. The van der Waals surface area contributed by atoms with E-state index < -0.39 is 0 Å². The zero-order valence-electron chi connectivity index (χ0n) is 8.90. The van der Waals surface area contributed by atoms with Gasteiger partial charge in [0.2, 0.25) is 0 Å². The van der Waals surface area contributed by atoms with Crippen LogP contribution in [0.5, 0.6) is 0 Å². The van der Waals surface area contributed by atoms with Crippen molar-refractivity contribution >= 4 is 38.4 Å².